The maximum Gasteiger partial charge on any atom is 0.224 e. The molecule has 0 unspecified atom stereocenters. The highest BCUT2D eigenvalue weighted by atomic mass is 16.5. The molecule has 0 radical (unpaired) electrons. The first kappa shape index (κ1) is 14.5. The minimum atomic E-state index is 0.551. The van der Waals surface area contributed by atoms with E-state index in [0.29, 0.717) is 24.3 Å². The van der Waals surface area contributed by atoms with E-state index in [0.717, 1.165) is 11.6 Å². The first-order valence-electron chi connectivity index (χ1n) is 7.71. The highest BCUT2D eigenvalue weighted by Crippen LogP contribution is 2.29. The Balaban J connectivity index is 1.55. The molecular weight excluding hydrogens is 268 g/mol. The monoisotopic (exact) mass is 292 g/mol. The molecule has 1 aliphatic heterocycles. The lowest BCUT2D eigenvalue weighted by Gasteiger charge is -2.32. The lowest BCUT2D eigenvalue weighted by atomic mass is 10.0. The van der Waals surface area contributed by atoms with E-state index < -0.39 is 0 Å². The van der Waals surface area contributed by atoms with E-state index in [1.807, 2.05) is 0 Å². The number of rotatable bonds is 6. The Bertz CT molecular complexity index is 448. The number of piperidine rings is 1. The molecule has 0 spiro atoms. The lowest BCUT2D eigenvalue weighted by Crippen LogP contribution is -2.43. The minimum absolute atomic E-state index is 0.551. The molecule has 1 saturated heterocycles. The molecule has 0 amide bonds. The quantitative estimate of drug-likeness (QED) is 0.850. The molecule has 3 rings (SSSR count). The van der Waals surface area contributed by atoms with Crippen LogP contribution in [0, 0.1) is 0 Å². The van der Waals surface area contributed by atoms with Crippen molar-refractivity contribution in [3.8, 4) is 11.8 Å². The van der Waals surface area contributed by atoms with Crippen LogP contribution in [0.2, 0.25) is 0 Å². The average molecular weight is 292 g/mol. The number of methoxy groups -OCH3 is 2. The molecule has 1 saturated carbocycles. The molecule has 6 nitrogen and oxygen atoms in total. The molecule has 0 atom stereocenters. The summed E-state index contributed by atoms with van der Waals surface area (Å²) in [6.07, 6.45) is 6.67. The van der Waals surface area contributed by atoms with Crippen LogP contribution in [0.15, 0.2) is 6.33 Å². The van der Waals surface area contributed by atoms with Gasteiger partial charge in [0.1, 0.15) is 6.33 Å². The van der Waals surface area contributed by atoms with Gasteiger partial charge in [0.05, 0.1) is 19.8 Å². The Kier molecular flexibility index (Phi) is 4.55. The lowest BCUT2D eigenvalue weighted by molar-refractivity contribution is 0.188. The molecule has 0 bridgehead atoms. The van der Waals surface area contributed by atoms with Crippen LogP contribution in [0.5, 0.6) is 11.8 Å². The van der Waals surface area contributed by atoms with Gasteiger partial charge < -0.3 is 19.7 Å². The number of nitrogens with one attached hydrogen (secondary N) is 1. The summed E-state index contributed by atoms with van der Waals surface area (Å²) in [6.45, 7) is 3.10. The molecule has 0 aromatic carbocycles. The Morgan fingerprint density at radius 2 is 1.71 bits per heavy atom. The maximum atomic E-state index is 5.31. The fourth-order valence-electron chi connectivity index (χ4n) is 3.04. The molecule has 2 aliphatic rings. The van der Waals surface area contributed by atoms with Gasteiger partial charge in [-0.2, -0.15) is 0 Å². The molecule has 1 aromatic heterocycles. The van der Waals surface area contributed by atoms with Gasteiger partial charge in [-0.25, -0.2) is 9.97 Å². The van der Waals surface area contributed by atoms with Crippen LogP contribution in [-0.4, -0.2) is 54.3 Å². The largest absolute Gasteiger partial charge is 0.481 e. The van der Waals surface area contributed by atoms with Gasteiger partial charge >= 0.3 is 0 Å². The Morgan fingerprint density at radius 3 is 2.24 bits per heavy atom. The van der Waals surface area contributed by atoms with E-state index >= 15 is 0 Å². The first-order chi connectivity index (χ1) is 10.3. The van der Waals surface area contributed by atoms with Crippen molar-refractivity contribution in [2.24, 2.45) is 0 Å². The molecule has 1 aliphatic carbocycles. The topological polar surface area (TPSA) is 59.5 Å². The maximum absolute atomic E-state index is 5.31. The number of ether oxygens (including phenoxy) is 2. The van der Waals surface area contributed by atoms with Gasteiger partial charge in [0, 0.05) is 18.6 Å². The van der Waals surface area contributed by atoms with E-state index in [2.05, 4.69) is 20.2 Å². The van der Waals surface area contributed by atoms with E-state index in [9.17, 15) is 0 Å². The van der Waals surface area contributed by atoms with Crippen molar-refractivity contribution < 1.29 is 9.47 Å². The summed E-state index contributed by atoms with van der Waals surface area (Å²) in [5, 5.41) is 3.60. The van der Waals surface area contributed by atoms with Gasteiger partial charge in [-0.1, -0.05) is 0 Å². The molecule has 6 heteroatoms. The molecule has 116 valence electrons. The number of nitrogens with zero attached hydrogens (tertiary/aromatic N) is 3. The Morgan fingerprint density at radius 1 is 1.10 bits per heavy atom. The second kappa shape index (κ2) is 6.58. The highest BCUT2D eigenvalue weighted by Gasteiger charge is 2.31. The molecule has 21 heavy (non-hydrogen) atoms. The van der Waals surface area contributed by atoms with Crippen molar-refractivity contribution in [3.05, 3.63) is 11.9 Å². The van der Waals surface area contributed by atoms with Gasteiger partial charge in [0.15, 0.2) is 0 Å². The highest BCUT2D eigenvalue weighted by molar-refractivity contribution is 5.34. The van der Waals surface area contributed by atoms with Crippen molar-refractivity contribution in [1.82, 2.24) is 20.2 Å². The molecule has 2 fully saturated rings. The summed E-state index contributed by atoms with van der Waals surface area (Å²) in [6, 6.07) is 1.43. The Hall–Kier alpha value is -1.40. The zero-order valence-electron chi connectivity index (χ0n) is 12.8. The normalized spacial score (nSPS) is 20.5. The van der Waals surface area contributed by atoms with Gasteiger partial charge in [0.2, 0.25) is 11.8 Å². The molecule has 1 N–H and O–H groups in total. The summed E-state index contributed by atoms with van der Waals surface area (Å²) in [4.78, 5) is 10.9. The minimum Gasteiger partial charge on any atom is -0.481 e. The SMILES string of the molecule is COc1ncnc(OC)c1CNC1CCN(C2CC2)CC1. The van der Waals surface area contributed by atoms with Crippen molar-refractivity contribution >= 4 is 0 Å². The van der Waals surface area contributed by atoms with Crippen LogP contribution >= 0.6 is 0 Å². The standard InChI is InChI=1S/C15H24N4O2/c1-20-14-13(15(21-2)18-10-17-14)9-16-11-5-7-19(8-6-11)12-3-4-12/h10-12,16H,3-9H2,1-2H3. The summed E-state index contributed by atoms with van der Waals surface area (Å²) >= 11 is 0. The summed E-state index contributed by atoms with van der Waals surface area (Å²) in [5.74, 6) is 1.18. The smallest absolute Gasteiger partial charge is 0.224 e. The van der Waals surface area contributed by atoms with Gasteiger partial charge in [0.25, 0.3) is 0 Å². The zero-order valence-corrected chi connectivity index (χ0v) is 12.8. The van der Waals surface area contributed by atoms with E-state index in [1.54, 1.807) is 14.2 Å². The van der Waals surface area contributed by atoms with Crippen LogP contribution in [-0.2, 0) is 6.54 Å². The van der Waals surface area contributed by atoms with Crippen LogP contribution < -0.4 is 14.8 Å². The molecule has 1 aromatic rings. The fraction of sp³-hybridized carbons (Fsp3) is 0.733. The predicted octanol–water partition coefficient (Wildman–Crippen LogP) is 1.21. The van der Waals surface area contributed by atoms with Crippen LogP contribution in [0.4, 0.5) is 0 Å². The Labute approximate surface area is 125 Å². The fourth-order valence-corrected chi connectivity index (χ4v) is 3.04. The van der Waals surface area contributed by atoms with E-state index in [4.69, 9.17) is 9.47 Å². The number of hydrogen-bond acceptors (Lipinski definition) is 6. The summed E-state index contributed by atoms with van der Waals surface area (Å²) in [5.41, 5.74) is 0.895. The summed E-state index contributed by atoms with van der Waals surface area (Å²) in [7, 11) is 3.25. The summed E-state index contributed by atoms with van der Waals surface area (Å²) < 4.78 is 10.6. The average Bonchev–Trinajstić information content (AvgIpc) is 3.38. The number of likely N-dealkylation sites (tertiary alicyclic amines) is 1. The first-order valence-corrected chi connectivity index (χ1v) is 7.71. The second-order valence-electron chi connectivity index (χ2n) is 5.79. The number of hydrogen-bond donors (Lipinski definition) is 1. The van der Waals surface area contributed by atoms with Crippen LogP contribution in [0.25, 0.3) is 0 Å². The van der Waals surface area contributed by atoms with Crippen molar-refractivity contribution in [1.29, 1.82) is 0 Å². The third-order valence-electron chi connectivity index (χ3n) is 4.41. The van der Waals surface area contributed by atoms with Crippen LogP contribution in [0.3, 0.4) is 0 Å². The van der Waals surface area contributed by atoms with Gasteiger partial charge in [-0.3, -0.25) is 0 Å². The third-order valence-corrected chi connectivity index (χ3v) is 4.41. The van der Waals surface area contributed by atoms with Crippen LogP contribution in [0.1, 0.15) is 31.2 Å². The van der Waals surface area contributed by atoms with E-state index in [-0.39, 0.29) is 0 Å². The second-order valence-corrected chi connectivity index (χ2v) is 5.79. The number of aromatic nitrogens is 2. The van der Waals surface area contributed by atoms with Gasteiger partial charge in [-0.15, -0.1) is 0 Å². The molecular formula is C15H24N4O2. The zero-order chi connectivity index (χ0) is 14.7. The third kappa shape index (κ3) is 3.44. The molecule has 2 heterocycles. The van der Waals surface area contributed by atoms with E-state index in [1.165, 1.54) is 45.1 Å². The van der Waals surface area contributed by atoms with Crippen molar-refractivity contribution in [2.45, 2.75) is 44.3 Å². The van der Waals surface area contributed by atoms with Crippen molar-refractivity contribution in [2.75, 3.05) is 27.3 Å². The van der Waals surface area contributed by atoms with Gasteiger partial charge in [-0.05, 0) is 38.8 Å². The van der Waals surface area contributed by atoms with Crippen molar-refractivity contribution in [3.63, 3.8) is 0 Å². The predicted molar refractivity (Wildman–Crippen MR) is 79.6 cm³/mol.